The predicted octanol–water partition coefficient (Wildman–Crippen LogP) is 2.11. The number of anilines is 1. The van der Waals surface area contributed by atoms with Crippen molar-refractivity contribution in [2.45, 2.75) is 12.5 Å². The van der Waals surface area contributed by atoms with Crippen molar-refractivity contribution in [2.75, 3.05) is 12.4 Å². The van der Waals surface area contributed by atoms with Crippen molar-refractivity contribution in [3.63, 3.8) is 0 Å². The molecule has 0 radical (unpaired) electrons. The topological polar surface area (TPSA) is 114 Å². The predicted molar refractivity (Wildman–Crippen MR) is 88.9 cm³/mol. The first kappa shape index (κ1) is 17.3. The third kappa shape index (κ3) is 3.76. The van der Waals surface area contributed by atoms with Crippen LogP contribution in [-0.4, -0.2) is 28.6 Å². The van der Waals surface area contributed by atoms with E-state index in [0.29, 0.717) is 11.5 Å². The summed E-state index contributed by atoms with van der Waals surface area (Å²) in [4.78, 5) is 30.2. The summed E-state index contributed by atoms with van der Waals surface area (Å²) in [6.07, 6.45) is 0. The summed E-state index contributed by atoms with van der Waals surface area (Å²) < 4.78 is 27.5. The van der Waals surface area contributed by atoms with Crippen LogP contribution >= 0.6 is 7.60 Å². The standard InChI is InChI=1S/C16H16NO7P/c1-22-13-8-12-11(17-15(18)16(24-12)25(19,20)21)7-14(13)23-9-10-5-3-2-4-6-10/h2-8,16H,9H2,1H3,(H,17,18)(H2,19,20,21). The maximum absolute atomic E-state index is 11.8. The second kappa shape index (κ2) is 6.76. The monoisotopic (exact) mass is 365 g/mol. The van der Waals surface area contributed by atoms with E-state index in [9.17, 15) is 19.1 Å². The van der Waals surface area contributed by atoms with Crippen molar-refractivity contribution >= 4 is 19.2 Å². The first-order valence-electron chi connectivity index (χ1n) is 7.30. The lowest BCUT2D eigenvalue weighted by Crippen LogP contribution is -2.36. The van der Waals surface area contributed by atoms with E-state index in [2.05, 4.69) is 5.32 Å². The first-order valence-corrected chi connectivity index (χ1v) is 8.98. The average Bonchev–Trinajstić information content (AvgIpc) is 2.58. The van der Waals surface area contributed by atoms with E-state index in [1.54, 1.807) is 0 Å². The Hall–Kier alpha value is -2.54. The maximum Gasteiger partial charge on any atom is 0.375 e. The Morgan fingerprint density at radius 1 is 1.20 bits per heavy atom. The number of rotatable bonds is 5. The molecule has 0 fully saturated rings. The van der Waals surface area contributed by atoms with Crippen LogP contribution < -0.4 is 19.5 Å². The molecule has 0 saturated heterocycles. The molecular weight excluding hydrogens is 349 g/mol. The van der Waals surface area contributed by atoms with Gasteiger partial charge in [-0.3, -0.25) is 9.36 Å². The highest BCUT2D eigenvalue weighted by Crippen LogP contribution is 2.48. The number of carbonyl (C=O) groups is 1. The molecule has 0 saturated carbocycles. The zero-order chi connectivity index (χ0) is 18.0. The minimum absolute atomic E-state index is 0.0943. The molecule has 0 spiro atoms. The van der Waals surface area contributed by atoms with Crippen LogP contribution in [0.1, 0.15) is 5.56 Å². The highest BCUT2D eigenvalue weighted by molar-refractivity contribution is 7.53. The van der Waals surface area contributed by atoms with Crippen LogP contribution in [0.15, 0.2) is 42.5 Å². The molecule has 3 N–H and O–H groups in total. The largest absolute Gasteiger partial charge is 0.493 e. The van der Waals surface area contributed by atoms with Crippen LogP contribution in [0, 0.1) is 0 Å². The van der Waals surface area contributed by atoms with Gasteiger partial charge in [-0.05, 0) is 5.56 Å². The molecule has 3 rings (SSSR count). The fraction of sp³-hybridized carbons (Fsp3) is 0.188. The van der Waals surface area contributed by atoms with Crippen LogP contribution in [0.3, 0.4) is 0 Å². The van der Waals surface area contributed by atoms with E-state index >= 15 is 0 Å². The van der Waals surface area contributed by atoms with Crippen molar-refractivity contribution in [3.05, 3.63) is 48.0 Å². The molecule has 0 aliphatic carbocycles. The van der Waals surface area contributed by atoms with E-state index < -0.39 is 19.3 Å². The Bertz CT molecular complexity index is 834. The summed E-state index contributed by atoms with van der Waals surface area (Å²) in [6, 6.07) is 12.4. The minimum atomic E-state index is -4.75. The van der Waals surface area contributed by atoms with Gasteiger partial charge in [-0.15, -0.1) is 0 Å². The zero-order valence-corrected chi connectivity index (χ0v) is 14.1. The fourth-order valence-electron chi connectivity index (χ4n) is 2.33. The van der Waals surface area contributed by atoms with Crippen LogP contribution in [-0.2, 0) is 16.0 Å². The van der Waals surface area contributed by atoms with E-state index in [1.165, 1.54) is 19.2 Å². The summed E-state index contributed by atoms with van der Waals surface area (Å²) >= 11 is 0. The lowest BCUT2D eigenvalue weighted by atomic mass is 10.2. The summed E-state index contributed by atoms with van der Waals surface area (Å²) in [5.41, 5.74) is 1.20. The fourth-order valence-corrected chi connectivity index (χ4v) is 2.95. The molecule has 1 unspecified atom stereocenters. The lowest BCUT2D eigenvalue weighted by Gasteiger charge is -2.27. The SMILES string of the molecule is COc1cc2c(cc1OCc1ccccc1)NC(=O)C(P(=O)(O)O)O2. The van der Waals surface area contributed by atoms with Gasteiger partial charge in [0.25, 0.3) is 11.8 Å². The third-order valence-corrected chi connectivity index (χ3v) is 4.48. The lowest BCUT2D eigenvalue weighted by molar-refractivity contribution is -0.120. The maximum atomic E-state index is 11.8. The molecule has 8 nitrogen and oxygen atoms in total. The number of carbonyl (C=O) groups excluding carboxylic acids is 1. The highest BCUT2D eigenvalue weighted by Gasteiger charge is 2.42. The molecule has 1 aliphatic heterocycles. The molecule has 1 amide bonds. The van der Waals surface area contributed by atoms with Gasteiger partial charge >= 0.3 is 7.60 Å². The molecule has 1 aliphatic rings. The molecule has 2 aromatic carbocycles. The molecule has 2 aromatic rings. The van der Waals surface area contributed by atoms with Crippen LogP contribution in [0.2, 0.25) is 0 Å². The van der Waals surface area contributed by atoms with Crippen LogP contribution in [0.25, 0.3) is 0 Å². The van der Waals surface area contributed by atoms with Crippen molar-refractivity contribution in [2.24, 2.45) is 0 Å². The Balaban J connectivity index is 1.86. The van der Waals surface area contributed by atoms with E-state index in [1.807, 2.05) is 30.3 Å². The molecule has 132 valence electrons. The van der Waals surface area contributed by atoms with Gasteiger partial charge in [0.1, 0.15) is 12.4 Å². The third-order valence-electron chi connectivity index (χ3n) is 3.53. The Labute approximate surface area is 143 Å². The van der Waals surface area contributed by atoms with Gasteiger partial charge < -0.3 is 29.3 Å². The first-order chi connectivity index (χ1) is 11.9. The zero-order valence-electron chi connectivity index (χ0n) is 13.2. The van der Waals surface area contributed by atoms with Crippen molar-refractivity contribution in [3.8, 4) is 17.2 Å². The number of amides is 1. The smallest absolute Gasteiger partial charge is 0.375 e. The van der Waals surface area contributed by atoms with Gasteiger partial charge in [0.15, 0.2) is 11.5 Å². The summed E-state index contributed by atoms with van der Waals surface area (Å²) in [7, 11) is -3.32. The molecule has 9 heteroatoms. The Morgan fingerprint density at radius 3 is 2.56 bits per heavy atom. The average molecular weight is 365 g/mol. The number of hydrogen-bond acceptors (Lipinski definition) is 5. The summed E-state index contributed by atoms with van der Waals surface area (Å²) in [5.74, 6) is -2.03. The van der Waals surface area contributed by atoms with Crippen LogP contribution in [0.4, 0.5) is 5.69 Å². The number of benzene rings is 2. The molecule has 1 heterocycles. The van der Waals surface area contributed by atoms with Crippen LogP contribution in [0.5, 0.6) is 17.2 Å². The van der Waals surface area contributed by atoms with Gasteiger partial charge in [0, 0.05) is 12.1 Å². The number of methoxy groups -OCH3 is 1. The van der Waals surface area contributed by atoms with Crippen molar-refractivity contribution in [1.29, 1.82) is 0 Å². The van der Waals surface area contributed by atoms with Gasteiger partial charge in [-0.1, -0.05) is 30.3 Å². The normalized spacial score (nSPS) is 16.4. The highest BCUT2D eigenvalue weighted by atomic mass is 31.2. The van der Waals surface area contributed by atoms with Gasteiger partial charge in [0.05, 0.1) is 12.8 Å². The number of nitrogens with one attached hydrogen (secondary N) is 1. The van der Waals surface area contributed by atoms with Crippen molar-refractivity contribution < 1.29 is 33.4 Å². The molecular formula is C16H16NO7P. The molecule has 0 aromatic heterocycles. The van der Waals surface area contributed by atoms with E-state index in [-0.39, 0.29) is 18.0 Å². The number of fused-ring (bicyclic) bond motifs is 1. The summed E-state index contributed by atoms with van der Waals surface area (Å²) in [5, 5.41) is 2.41. The van der Waals surface area contributed by atoms with Crippen molar-refractivity contribution in [1.82, 2.24) is 0 Å². The second-order valence-corrected chi connectivity index (χ2v) is 6.97. The van der Waals surface area contributed by atoms with Gasteiger partial charge in [-0.2, -0.15) is 0 Å². The Kier molecular flexibility index (Phi) is 4.67. The molecule has 25 heavy (non-hydrogen) atoms. The summed E-state index contributed by atoms with van der Waals surface area (Å²) in [6.45, 7) is 0.288. The Morgan fingerprint density at radius 2 is 1.92 bits per heavy atom. The quantitative estimate of drug-likeness (QED) is 0.695. The van der Waals surface area contributed by atoms with E-state index in [0.717, 1.165) is 5.56 Å². The number of ether oxygens (including phenoxy) is 3. The minimum Gasteiger partial charge on any atom is -0.493 e. The molecule has 1 atom stereocenters. The molecule has 0 bridgehead atoms. The second-order valence-electron chi connectivity index (χ2n) is 5.32. The van der Waals surface area contributed by atoms with Gasteiger partial charge in [-0.25, -0.2) is 0 Å². The number of hydrogen-bond donors (Lipinski definition) is 3. The van der Waals surface area contributed by atoms with E-state index in [4.69, 9.17) is 14.2 Å². The van der Waals surface area contributed by atoms with Gasteiger partial charge in [0.2, 0.25) is 0 Å².